The summed E-state index contributed by atoms with van der Waals surface area (Å²) in [5.74, 6) is -0.927. The number of carbonyl (C=O) groups excluding carboxylic acids is 2. The number of aryl methyl sites for hydroxylation is 1. The average molecular weight is 542 g/mol. The number of hydrogen-bond donors (Lipinski definition) is 1. The Balaban J connectivity index is 2.49. The monoisotopic (exact) mass is 541 g/mol. The Morgan fingerprint density at radius 3 is 2.24 bits per heavy atom. The van der Waals surface area contributed by atoms with Gasteiger partial charge < -0.3 is 10.2 Å². The predicted molar refractivity (Wildman–Crippen MR) is 137 cm³/mol. The van der Waals surface area contributed by atoms with Gasteiger partial charge in [-0.15, -0.1) is 0 Å². The van der Waals surface area contributed by atoms with Gasteiger partial charge in [-0.2, -0.15) is 13.2 Å². The van der Waals surface area contributed by atoms with Crippen LogP contribution in [0.5, 0.6) is 0 Å². The predicted octanol–water partition coefficient (Wildman–Crippen LogP) is 4.36. The highest BCUT2D eigenvalue weighted by Gasteiger charge is 2.34. The van der Waals surface area contributed by atoms with Crippen LogP contribution in [0.15, 0.2) is 48.5 Å². The number of halogens is 3. The molecule has 11 heteroatoms. The first-order chi connectivity index (χ1) is 17.1. The third-order valence-electron chi connectivity index (χ3n) is 5.81. The number of amides is 2. The van der Waals surface area contributed by atoms with Gasteiger partial charge in [-0.3, -0.25) is 13.9 Å². The molecular formula is C26H34F3N3O4S. The van der Waals surface area contributed by atoms with Gasteiger partial charge in [0.25, 0.3) is 0 Å². The van der Waals surface area contributed by atoms with Crippen molar-refractivity contribution in [1.82, 2.24) is 10.2 Å². The average Bonchev–Trinajstić information content (AvgIpc) is 2.80. The summed E-state index contributed by atoms with van der Waals surface area (Å²) in [7, 11) is -4.15. The van der Waals surface area contributed by atoms with Crippen molar-refractivity contribution in [3.8, 4) is 0 Å². The molecule has 0 radical (unpaired) electrons. The van der Waals surface area contributed by atoms with Gasteiger partial charge in [-0.25, -0.2) is 8.42 Å². The molecule has 1 N–H and O–H groups in total. The fourth-order valence-corrected chi connectivity index (χ4v) is 4.61. The van der Waals surface area contributed by atoms with Crippen molar-refractivity contribution in [1.29, 1.82) is 0 Å². The molecule has 7 nitrogen and oxygen atoms in total. The molecule has 2 aromatic rings. The van der Waals surface area contributed by atoms with Crippen LogP contribution in [0.4, 0.5) is 18.9 Å². The largest absolute Gasteiger partial charge is 0.416 e. The molecule has 0 heterocycles. The number of alkyl halides is 3. The van der Waals surface area contributed by atoms with Gasteiger partial charge in [0.1, 0.15) is 12.6 Å². The number of nitrogens with one attached hydrogen (secondary N) is 1. The van der Waals surface area contributed by atoms with Crippen LogP contribution >= 0.6 is 0 Å². The SMILES string of the molecule is CC[C@@H](C(=O)NCC(C)C)N(Cc1ccccc1C)C(=O)CN(c1cccc(C(F)(F)F)c1)S(C)(=O)=O. The van der Waals surface area contributed by atoms with Gasteiger partial charge in [0.15, 0.2) is 0 Å². The molecule has 0 bridgehead atoms. The van der Waals surface area contributed by atoms with Crippen molar-refractivity contribution < 1.29 is 31.2 Å². The topological polar surface area (TPSA) is 86.8 Å². The zero-order chi connectivity index (χ0) is 28.0. The molecule has 0 saturated carbocycles. The molecule has 37 heavy (non-hydrogen) atoms. The van der Waals surface area contributed by atoms with E-state index in [9.17, 15) is 31.2 Å². The molecule has 0 unspecified atom stereocenters. The lowest BCUT2D eigenvalue weighted by molar-refractivity contribution is -0.140. The number of anilines is 1. The second kappa shape index (κ2) is 12.4. The van der Waals surface area contributed by atoms with E-state index >= 15 is 0 Å². The normalized spacial score (nSPS) is 12.8. The Morgan fingerprint density at radius 2 is 1.70 bits per heavy atom. The fraction of sp³-hybridized carbons (Fsp3) is 0.462. The van der Waals surface area contributed by atoms with Gasteiger partial charge in [0, 0.05) is 13.1 Å². The number of carbonyl (C=O) groups is 2. The molecule has 2 aromatic carbocycles. The van der Waals surface area contributed by atoms with E-state index in [4.69, 9.17) is 0 Å². The Bertz CT molecular complexity index is 1200. The van der Waals surface area contributed by atoms with Crippen LogP contribution in [0.2, 0.25) is 0 Å². The number of benzene rings is 2. The summed E-state index contributed by atoms with van der Waals surface area (Å²) in [5.41, 5.74) is 0.299. The lowest BCUT2D eigenvalue weighted by Crippen LogP contribution is -2.52. The van der Waals surface area contributed by atoms with E-state index in [1.54, 1.807) is 19.1 Å². The van der Waals surface area contributed by atoms with Crippen molar-refractivity contribution >= 4 is 27.5 Å². The maximum Gasteiger partial charge on any atom is 0.416 e. The molecule has 0 saturated heterocycles. The molecule has 2 amide bonds. The Hall–Kier alpha value is -3.08. The van der Waals surface area contributed by atoms with Gasteiger partial charge in [0.2, 0.25) is 21.8 Å². The van der Waals surface area contributed by atoms with E-state index in [1.165, 1.54) is 11.0 Å². The molecule has 0 aliphatic carbocycles. The molecule has 0 aromatic heterocycles. The van der Waals surface area contributed by atoms with Gasteiger partial charge >= 0.3 is 6.18 Å². The van der Waals surface area contributed by atoms with E-state index in [0.29, 0.717) is 16.9 Å². The third-order valence-corrected chi connectivity index (χ3v) is 6.95. The fourth-order valence-electron chi connectivity index (χ4n) is 3.76. The van der Waals surface area contributed by atoms with E-state index in [0.717, 1.165) is 29.5 Å². The second-order valence-corrected chi connectivity index (χ2v) is 11.2. The van der Waals surface area contributed by atoms with Gasteiger partial charge in [-0.05, 0) is 48.6 Å². The van der Waals surface area contributed by atoms with E-state index in [1.807, 2.05) is 32.9 Å². The van der Waals surface area contributed by atoms with Gasteiger partial charge in [0.05, 0.1) is 17.5 Å². The molecule has 0 fully saturated rings. The number of rotatable bonds is 11. The van der Waals surface area contributed by atoms with Crippen molar-refractivity contribution in [2.75, 3.05) is 23.7 Å². The summed E-state index contributed by atoms with van der Waals surface area (Å²) >= 11 is 0. The van der Waals surface area contributed by atoms with Crippen molar-refractivity contribution in [3.63, 3.8) is 0 Å². The minimum absolute atomic E-state index is 0.0271. The first kappa shape index (κ1) is 30.1. The van der Waals surface area contributed by atoms with Crippen LogP contribution < -0.4 is 9.62 Å². The summed E-state index contributed by atoms with van der Waals surface area (Å²) < 4.78 is 65.7. The van der Waals surface area contributed by atoms with Gasteiger partial charge in [-0.1, -0.05) is 51.1 Å². The molecule has 1 atom stereocenters. The molecule has 204 valence electrons. The minimum atomic E-state index is -4.69. The lowest BCUT2D eigenvalue weighted by atomic mass is 10.1. The van der Waals surface area contributed by atoms with Crippen LogP contribution in [0, 0.1) is 12.8 Å². The third kappa shape index (κ3) is 8.48. The summed E-state index contributed by atoms with van der Waals surface area (Å²) in [5, 5.41) is 2.82. The van der Waals surface area contributed by atoms with Crippen LogP contribution in [0.25, 0.3) is 0 Å². The van der Waals surface area contributed by atoms with Crippen LogP contribution in [-0.2, 0) is 32.3 Å². The summed E-state index contributed by atoms with van der Waals surface area (Å²) in [6.45, 7) is 7.09. The molecule has 0 aliphatic heterocycles. The van der Waals surface area contributed by atoms with Crippen molar-refractivity contribution in [2.24, 2.45) is 5.92 Å². The molecular weight excluding hydrogens is 507 g/mol. The second-order valence-electron chi connectivity index (χ2n) is 9.33. The Kier molecular flexibility index (Phi) is 10.1. The highest BCUT2D eigenvalue weighted by Crippen LogP contribution is 2.32. The first-order valence-electron chi connectivity index (χ1n) is 11.9. The Morgan fingerprint density at radius 1 is 1.05 bits per heavy atom. The highest BCUT2D eigenvalue weighted by atomic mass is 32.2. The van der Waals surface area contributed by atoms with Crippen molar-refractivity contribution in [2.45, 2.75) is 52.9 Å². The lowest BCUT2D eigenvalue weighted by Gasteiger charge is -2.33. The minimum Gasteiger partial charge on any atom is -0.354 e. The standard InChI is InChI=1S/C26H34F3N3O4S/c1-6-23(25(34)30-15-18(2)3)31(16-20-11-8-7-10-19(20)4)24(33)17-32(37(5,35)36)22-13-9-12-21(14-22)26(27,28)29/h7-14,18,23H,6,15-17H2,1-5H3,(H,30,34)/t23-/m0/s1. The number of sulfonamides is 1. The van der Waals surface area contributed by atoms with Crippen LogP contribution in [-0.4, -0.2) is 50.5 Å². The quantitative estimate of drug-likeness (QED) is 0.458. The smallest absolute Gasteiger partial charge is 0.354 e. The summed E-state index contributed by atoms with van der Waals surface area (Å²) in [6, 6.07) is 10.1. The van der Waals surface area contributed by atoms with E-state index in [2.05, 4.69) is 5.32 Å². The maximum atomic E-state index is 13.6. The summed E-state index contributed by atoms with van der Waals surface area (Å²) in [4.78, 5) is 28.0. The zero-order valence-electron chi connectivity index (χ0n) is 21.7. The highest BCUT2D eigenvalue weighted by molar-refractivity contribution is 7.92. The first-order valence-corrected chi connectivity index (χ1v) is 13.8. The van der Waals surface area contributed by atoms with E-state index in [-0.39, 0.29) is 30.5 Å². The zero-order valence-corrected chi connectivity index (χ0v) is 22.5. The molecule has 0 aliphatic rings. The van der Waals surface area contributed by atoms with Crippen LogP contribution in [0.1, 0.15) is 43.9 Å². The number of nitrogens with zero attached hydrogens (tertiary/aromatic N) is 2. The van der Waals surface area contributed by atoms with E-state index < -0.39 is 40.3 Å². The Labute approximate surface area is 216 Å². The molecule has 2 rings (SSSR count). The molecule has 0 spiro atoms. The van der Waals surface area contributed by atoms with Crippen molar-refractivity contribution in [3.05, 3.63) is 65.2 Å². The van der Waals surface area contributed by atoms with Crippen LogP contribution in [0.3, 0.4) is 0 Å². The number of hydrogen-bond acceptors (Lipinski definition) is 4. The maximum absolute atomic E-state index is 13.6. The summed E-state index contributed by atoms with van der Waals surface area (Å²) in [6.07, 6.45) is -3.62.